The largest absolute Gasteiger partial charge is 0.364 e. The molecule has 0 bridgehead atoms. The Morgan fingerprint density at radius 3 is 2.71 bits per heavy atom. The highest BCUT2D eigenvalue weighted by Crippen LogP contribution is 2.25. The first kappa shape index (κ1) is 19.6. The molecule has 0 aliphatic carbocycles. The molecule has 31 heavy (non-hydrogen) atoms. The molecule has 3 heterocycles. The van der Waals surface area contributed by atoms with Gasteiger partial charge >= 0.3 is 0 Å². The van der Waals surface area contributed by atoms with Gasteiger partial charge < -0.3 is 15.6 Å². The predicted molar refractivity (Wildman–Crippen MR) is 123 cm³/mol. The van der Waals surface area contributed by atoms with Gasteiger partial charge in [0.05, 0.1) is 5.69 Å². The van der Waals surface area contributed by atoms with E-state index in [-0.39, 0.29) is 5.69 Å². The fourth-order valence-electron chi connectivity index (χ4n) is 4.54. The number of nitrogens with two attached hydrogens (primary N) is 1. The van der Waals surface area contributed by atoms with Gasteiger partial charge in [-0.25, -0.2) is 4.68 Å². The molecule has 5 rings (SSSR count). The Balaban J connectivity index is 1.37. The Labute approximate surface area is 181 Å². The minimum Gasteiger partial charge on any atom is -0.364 e. The van der Waals surface area contributed by atoms with Crippen molar-refractivity contribution in [1.29, 1.82) is 0 Å². The molecule has 0 radical (unpaired) electrons. The number of nitrogens with zero attached hydrogens (tertiary/aromatic N) is 3. The molecular formula is C25H27N5O. The van der Waals surface area contributed by atoms with Gasteiger partial charge in [0.25, 0.3) is 5.91 Å². The SMILES string of the molecule is Cc1cc(C(N)=O)nn1-c1ccc2c(ccn2Cc2ccc(C3CCCNC3)cc2)c1. The van der Waals surface area contributed by atoms with Crippen molar-refractivity contribution < 1.29 is 4.79 Å². The van der Waals surface area contributed by atoms with Gasteiger partial charge in [-0.3, -0.25) is 4.79 Å². The number of benzene rings is 2. The predicted octanol–water partition coefficient (Wildman–Crippen LogP) is 3.75. The van der Waals surface area contributed by atoms with Crippen molar-refractivity contribution in [1.82, 2.24) is 19.7 Å². The number of aryl methyl sites for hydroxylation is 1. The summed E-state index contributed by atoms with van der Waals surface area (Å²) in [5.41, 5.74) is 11.3. The van der Waals surface area contributed by atoms with Crippen molar-refractivity contribution in [3.8, 4) is 5.69 Å². The third-order valence-corrected chi connectivity index (χ3v) is 6.24. The van der Waals surface area contributed by atoms with E-state index in [0.29, 0.717) is 5.92 Å². The van der Waals surface area contributed by atoms with Crippen molar-refractivity contribution in [2.24, 2.45) is 5.73 Å². The molecule has 1 unspecified atom stereocenters. The second kappa shape index (κ2) is 8.04. The summed E-state index contributed by atoms with van der Waals surface area (Å²) in [5.74, 6) is 0.120. The number of primary amides is 1. The van der Waals surface area contributed by atoms with Gasteiger partial charge in [0.1, 0.15) is 0 Å². The normalized spacial score (nSPS) is 16.6. The van der Waals surface area contributed by atoms with Crippen molar-refractivity contribution in [2.45, 2.75) is 32.2 Å². The number of amides is 1. The first-order valence-corrected chi connectivity index (χ1v) is 10.8. The van der Waals surface area contributed by atoms with Crippen LogP contribution in [0.5, 0.6) is 0 Å². The van der Waals surface area contributed by atoms with Gasteiger partial charge in [0.15, 0.2) is 5.69 Å². The van der Waals surface area contributed by atoms with Gasteiger partial charge in [-0.2, -0.15) is 5.10 Å². The molecule has 1 atom stereocenters. The van der Waals surface area contributed by atoms with Crippen LogP contribution < -0.4 is 11.1 Å². The topological polar surface area (TPSA) is 77.9 Å². The fourth-order valence-corrected chi connectivity index (χ4v) is 4.54. The van der Waals surface area contributed by atoms with E-state index in [9.17, 15) is 4.79 Å². The molecule has 2 aromatic heterocycles. The van der Waals surface area contributed by atoms with Crippen LogP contribution in [0.1, 0.15) is 46.1 Å². The van der Waals surface area contributed by atoms with Crippen LogP contribution in [0.2, 0.25) is 0 Å². The molecule has 1 aliphatic rings. The third kappa shape index (κ3) is 3.86. The summed E-state index contributed by atoms with van der Waals surface area (Å²) in [7, 11) is 0. The molecular weight excluding hydrogens is 386 g/mol. The number of hydrogen-bond acceptors (Lipinski definition) is 3. The molecule has 6 nitrogen and oxygen atoms in total. The van der Waals surface area contributed by atoms with Crippen LogP contribution >= 0.6 is 0 Å². The lowest BCUT2D eigenvalue weighted by Crippen LogP contribution is -2.28. The minimum absolute atomic E-state index is 0.280. The van der Waals surface area contributed by atoms with Gasteiger partial charge in [-0.15, -0.1) is 0 Å². The van der Waals surface area contributed by atoms with E-state index in [2.05, 4.69) is 63.6 Å². The summed E-state index contributed by atoms with van der Waals surface area (Å²) in [5, 5.41) is 8.97. The van der Waals surface area contributed by atoms with Crippen LogP contribution in [-0.4, -0.2) is 33.3 Å². The van der Waals surface area contributed by atoms with E-state index in [1.807, 2.05) is 13.0 Å². The summed E-state index contributed by atoms with van der Waals surface area (Å²) in [6, 6.07) is 19.1. The zero-order valence-corrected chi connectivity index (χ0v) is 17.7. The van der Waals surface area contributed by atoms with E-state index >= 15 is 0 Å². The Hall–Kier alpha value is -3.38. The molecule has 0 spiro atoms. The molecule has 0 saturated carbocycles. The quantitative estimate of drug-likeness (QED) is 0.523. The molecule has 1 aliphatic heterocycles. The van der Waals surface area contributed by atoms with Crippen LogP contribution in [0.25, 0.3) is 16.6 Å². The lowest BCUT2D eigenvalue weighted by Gasteiger charge is -2.23. The molecule has 158 valence electrons. The van der Waals surface area contributed by atoms with E-state index in [1.165, 1.54) is 29.5 Å². The average Bonchev–Trinajstić information content (AvgIpc) is 3.38. The number of carbonyl (C=O) groups excluding carboxylic acids is 1. The maximum absolute atomic E-state index is 11.4. The number of aromatic nitrogens is 3. The van der Waals surface area contributed by atoms with Crippen molar-refractivity contribution in [3.63, 3.8) is 0 Å². The van der Waals surface area contributed by atoms with Crippen LogP contribution in [0, 0.1) is 6.92 Å². The number of piperidine rings is 1. The van der Waals surface area contributed by atoms with E-state index in [0.717, 1.165) is 36.4 Å². The number of hydrogen-bond donors (Lipinski definition) is 2. The number of rotatable bonds is 5. The number of carbonyl (C=O) groups is 1. The summed E-state index contributed by atoms with van der Waals surface area (Å²) in [6.45, 7) is 4.98. The number of fused-ring (bicyclic) bond motifs is 1. The summed E-state index contributed by atoms with van der Waals surface area (Å²) in [6.07, 6.45) is 4.65. The zero-order chi connectivity index (χ0) is 21.4. The summed E-state index contributed by atoms with van der Waals surface area (Å²) >= 11 is 0. The maximum atomic E-state index is 11.4. The van der Waals surface area contributed by atoms with Crippen LogP contribution in [0.15, 0.2) is 60.8 Å². The zero-order valence-electron chi connectivity index (χ0n) is 17.7. The molecule has 6 heteroatoms. The minimum atomic E-state index is -0.514. The lowest BCUT2D eigenvalue weighted by molar-refractivity contribution is 0.0995. The van der Waals surface area contributed by atoms with Crippen LogP contribution in [-0.2, 0) is 6.54 Å². The Morgan fingerprint density at radius 1 is 1.16 bits per heavy atom. The second-order valence-electron chi connectivity index (χ2n) is 8.42. The van der Waals surface area contributed by atoms with E-state index in [4.69, 9.17) is 5.73 Å². The standard InChI is InChI=1S/C25H27N5O/c1-17-13-23(25(26)31)28-30(17)22-8-9-24-20(14-22)10-12-29(24)16-18-4-6-19(7-5-18)21-3-2-11-27-15-21/h4-10,12-14,21,27H,2-3,11,15-16H2,1H3,(H2,26,31). The Morgan fingerprint density at radius 2 is 2.00 bits per heavy atom. The molecule has 1 saturated heterocycles. The van der Waals surface area contributed by atoms with Crippen molar-refractivity contribution in [2.75, 3.05) is 13.1 Å². The smallest absolute Gasteiger partial charge is 0.269 e. The van der Waals surface area contributed by atoms with Gasteiger partial charge in [-0.05, 0) is 73.7 Å². The molecule has 1 fully saturated rings. The fraction of sp³-hybridized carbons (Fsp3) is 0.280. The first-order chi connectivity index (χ1) is 15.1. The maximum Gasteiger partial charge on any atom is 0.269 e. The molecule has 4 aromatic rings. The number of nitrogens with one attached hydrogen (secondary N) is 1. The highest BCUT2D eigenvalue weighted by molar-refractivity contribution is 5.91. The van der Waals surface area contributed by atoms with Crippen molar-refractivity contribution in [3.05, 3.63) is 83.3 Å². The van der Waals surface area contributed by atoms with Gasteiger partial charge in [0.2, 0.25) is 0 Å². The van der Waals surface area contributed by atoms with Crippen LogP contribution in [0.3, 0.4) is 0 Å². The Bertz CT molecular complexity index is 1230. The molecule has 1 amide bonds. The second-order valence-corrected chi connectivity index (χ2v) is 8.42. The van der Waals surface area contributed by atoms with Gasteiger partial charge in [0, 0.05) is 35.9 Å². The van der Waals surface area contributed by atoms with Crippen molar-refractivity contribution >= 4 is 16.8 Å². The highest BCUT2D eigenvalue weighted by Gasteiger charge is 2.15. The van der Waals surface area contributed by atoms with E-state index in [1.54, 1.807) is 10.7 Å². The monoisotopic (exact) mass is 413 g/mol. The highest BCUT2D eigenvalue weighted by atomic mass is 16.1. The summed E-state index contributed by atoms with van der Waals surface area (Å²) < 4.78 is 4.02. The Kier molecular flexibility index (Phi) is 5.08. The first-order valence-electron chi connectivity index (χ1n) is 10.8. The van der Waals surface area contributed by atoms with E-state index < -0.39 is 5.91 Å². The average molecular weight is 414 g/mol. The summed E-state index contributed by atoms with van der Waals surface area (Å²) in [4.78, 5) is 11.4. The molecule has 2 aromatic carbocycles. The lowest BCUT2D eigenvalue weighted by atomic mass is 9.91. The molecule has 3 N–H and O–H groups in total. The van der Waals surface area contributed by atoms with Gasteiger partial charge in [-0.1, -0.05) is 24.3 Å². The third-order valence-electron chi connectivity index (χ3n) is 6.24. The van der Waals surface area contributed by atoms with Crippen LogP contribution in [0.4, 0.5) is 0 Å².